The van der Waals surface area contributed by atoms with Crippen molar-refractivity contribution in [1.82, 2.24) is 0 Å². The first kappa shape index (κ1) is 14.3. The normalized spacial score (nSPS) is 16.8. The molecule has 1 N–H and O–H groups in total. The molecule has 0 saturated carbocycles. The Morgan fingerprint density at radius 2 is 1.59 bits per heavy atom. The molecule has 1 atom stereocenters. The number of benzene rings is 2. The third-order valence-corrected chi connectivity index (χ3v) is 4.24. The average molecular weight is 306 g/mol. The molecule has 0 fully saturated rings. The fraction of sp³-hybridized carbons (Fsp3) is 0.0556. The molecule has 3 nitrogen and oxygen atoms in total. The minimum absolute atomic E-state index is 0.375. The van der Waals surface area contributed by atoms with Gasteiger partial charge in [-0.2, -0.15) is 5.26 Å². The Bertz CT molecular complexity index is 674. The van der Waals surface area contributed by atoms with Crippen molar-refractivity contribution >= 4 is 23.1 Å². The predicted molar refractivity (Wildman–Crippen MR) is 89.1 cm³/mol. The standard InChI is InChI=1S/C12H9NS.C6H5NO/c1-3-7-11-9(5-1)13-10-6-2-4-8-12(10)14-11;7-5-6-3-1-2-4-8-6/h1-8,13H;1-4,6H. The summed E-state index contributed by atoms with van der Waals surface area (Å²) in [6, 6.07) is 18.7. The smallest absolute Gasteiger partial charge is 0.202 e. The van der Waals surface area contributed by atoms with Crippen LogP contribution in [0.25, 0.3) is 0 Å². The lowest BCUT2D eigenvalue weighted by Crippen LogP contribution is -2.03. The predicted octanol–water partition coefficient (Wildman–Crippen LogP) is 4.87. The molecule has 4 heteroatoms. The zero-order chi connectivity index (χ0) is 15.2. The maximum Gasteiger partial charge on any atom is 0.202 e. The van der Waals surface area contributed by atoms with E-state index < -0.39 is 0 Å². The first-order chi connectivity index (χ1) is 10.9. The summed E-state index contributed by atoms with van der Waals surface area (Å²) in [5, 5.41) is 11.7. The number of rotatable bonds is 0. The highest BCUT2D eigenvalue weighted by molar-refractivity contribution is 7.99. The van der Waals surface area contributed by atoms with Gasteiger partial charge in [0.2, 0.25) is 6.10 Å². The lowest BCUT2D eigenvalue weighted by atomic mass is 10.2. The highest BCUT2D eigenvalue weighted by Crippen LogP contribution is 2.43. The van der Waals surface area contributed by atoms with E-state index in [1.807, 2.05) is 17.8 Å². The summed E-state index contributed by atoms with van der Waals surface area (Å²) in [4.78, 5) is 2.59. The van der Waals surface area contributed by atoms with Crippen LogP contribution in [-0.4, -0.2) is 6.10 Å². The summed E-state index contributed by atoms with van der Waals surface area (Å²) in [7, 11) is 0. The minimum atomic E-state index is -0.375. The molecule has 108 valence electrons. The zero-order valence-electron chi connectivity index (χ0n) is 11.8. The van der Waals surface area contributed by atoms with Crippen molar-refractivity contribution in [3.05, 3.63) is 73.0 Å². The van der Waals surface area contributed by atoms with Crippen LogP contribution in [0.5, 0.6) is 0 Å². The van der Waals surface area contributed by atoms with E-state index in [1.54, 1.807) is 18.2 Å². The molecule has 1 unspecified atom stereocenters. The number of fused-ring (bicyclic) bond motifs is 2. The first-order valence-electron chi connectivity index (χ1n) is 6.88. The van der Waals surface area contributed by atoms with Gasteiger partial charge in [0.25, 0.3) is 0 Å². The van der Waals surface area contributed by atoms with Crippen molar-refractivity contribution in [1.29, 1.82) is 5.26 Å². The molecular weight excluding hydrogens is 292 g/mol. The van der Waals surface area contributed by atoms with Gasteiger partial charge < -0.3 is 10.1 Å². The summed E-state index contributed by atoms with van der Waals surface area (Å²) in [5.74, 6) is 0. The van der Waals surface area contributed by atoms with E-state index in [0.717, 1.165) is 0 Å². The minimum Gasteiger partial charge on any atom is -0.479 e. The molecule has 0 amide bonds. The summed E-state index contributed by atoms with van der Waals surface area (Å²) >= 11 is 1.82. The highest BCUT2D eigenvalue weighted by atomic mass is 32.2. The van der Waals surface area contributed by atoms with Crippen LogP contribution in [-0.2, 0) is 4.74 Å². The highest BCUT2D eigenvalue weighted by Gasteiger charge is 2.13. The van der Waals surface area contributed by atoms with Gasteiger partial charge in [0, 0.05) is 9.79 Å². The fourth-order valence-electron chi connectivity index (χ4n) is 2.04. The summed E-state index contributed by atoms with van der Waals surface area (Å²) in [6.45, 7) is 0. The molecule has 0 saturated heterocycles. The number of hydrogen-bond donors (Lipinski definition) is 1. The van der Waals surface area contributed by atoms with Crippen molar-refractivity contribution in [3.63, 3.8) is 0 Å². The van der Waals surface area contributed by atoms with Crippen molar-refractivity contribution in [3.8, 4) is 6.07 Å². The lowest BCUT2D eigenvalue weighted by Gasteiger charge is -2.19. The number of anilines is 2. The number of para-hydroxylation sites is 2. The molecule has 2 aromatic rings. The van der Waals surface area contributed by atoms with Crippen molar-refractivity contribution in [2.75, 3.05) is 5.32 Å². The van der Waals surface area contributed by atoms with Crippen molar-refractivity contribution in [2.24, 2.45) is 0 Å². The van der Waals surface area contributed by atoms with Crippen LogP contribution in [0.15, 0.2) is 82.8 Å². The third-order valence-electron chi connectivity index (χ3n) is 3.09. The lowest BCUT2D eigenvalue weighted by molar-refractivity contribution is 0.230. The van der Waals surface area contributed by atoms with E-state index >= 15 is 0 Å². The largest absolute Gasteiger partial charge is 0.479 e. The second-order valence-electron chi connectivity index (χ2n) is 4.62. The number of nitrogens with one attached hydrogen (secondary N) is 1. The van der Waals surface area contributed by atoms with Crippen molar-refractivity contribution < 1.29 is 4.74 Å². The molecule has 4 rings (SSSR count). The van der Waals surface area contributed by atoms with Gasteiger partial charge in [-0.15, -0.1) is 0 Å². The monoisotopic (exact) mass is 306 g/mol. The maximum atomic E-state index is 8.23. The summed E-state index contributed by atoms with van der Waals surface area (Å²) in [5.41, 5.74) is 2.41. The molecule has 0 radical (unpaired) electrons. The molecule has 0 aromatic heterocycles. The molecule has 2 heterocycles. The van der Waals surface area contributed by atoms with E-state index in [4.69, 9.17) is 10.00 Å². The number of nitrogens with zero attached hydrogens (tertiary/aromatic N) is 1. The zero-order valence-corrected chi connectivity index (χ0v) is 12.6. The van der Waals surface area contributed by atoms with E-state index in [0.29, 0.717) is 0 Å². The fourth-order valence-corrected chi connectivity index (χ4v) is 3.03. The maximum absolute atomic E-state index is 8.23. The van der Waals surface area contributed by atoms with Gasteiger partial charge in [0.15, 0.2) is 0 Å². The molecule has 2 aliphatic heterocycles. The van der Waals surface area contributed by atoms with Crippen LogP contribution in [0.3, 0.4) is 0 Å². The molecule has 0 spiro atoms. The SMILES string of the molecule is N#CC1C=CC=CO1.c1ccc2c(c1)Nc1ccccc1S2. The Kier molecular flexibility index (Phi) is 4.47. The Balaban J connectivity index is 0.000000154. The number of ether oxygens (including phenoxy) is 1. The van der Waals surface area contributed by atoms with Crippen LogP contribution < -0.4 is 5.32 Å². The topological polar surface area (TPSA) is 45.0 Å². The number of nitriles is 1. The molecule has 22 heavy (non-hydrogen) atoms. The van der Waals surface area contributed by atoms with Gasteiger partial charge in [-0.25, -0.2) is 0 Å². The third kappa shape index (κ3) is 3.33. The Labute approximate surface area is 133 Å². The molecule has 2 aromatic carbocycles. The Morgan fingerprint density at radius 3 is 2.09 bits per heavy atom. The van der Waals surface area contributed by atoms with Gasteiger partial charge in [-0.05, 0) is 36.4 Å². The number of allylic oxidation sites excluding steroid dienone is 2. The summed E-state index contributed by atoms with van der Waals surface area (Å²) < 4.78 is 4.80. The second-order valence-corrected chi connectivity index (χ2v) is 5.70. The van der Waals surface area contributed by atoms with Crippen LogP contribution >= 0.6 is 11.8 Å². The van der Waals surface area contributed by atoms with Crippen molar-refractivity contribution in [2.45, 2.75) is 15.9 Å². The van der Waals surface area contributed by atoms with E-state index in [2.05, 4.69) is 53.8 Å². The van der Waals surface area contributed by atoms with E-state index in [-0.39, 0.29) is 6.10 Å². The molecular formula is C18H14N2OS. The molecule has 0 aliphatic carbocycles. The van der Waals surface area contributed by atoms with Crippen LogP contribution in [0.4, 0.5) is 11.4 Å². The Hall–Kier alpha value is -2.64. The van der Waals surface area contributed by atoms with Gasteiger partial charge in [-0.1, -0.05) is 42.1 Å². The van der Waals surface area contributed by atoms with Gasteiger partial charge in [0.05, 0.1) is 17.6 Å². The van der Waals surface area contributed by atoms with Gasteiger partial charge in [0.1, 0.15) is 6.07 Å². The average Bonchev–Trinajstić information content (AvgIpc) is 2.61. The molecule has 0 bridgehead atoms. The first-order valence-corrected chi connectivity index (χ1v) is 7.70. The quantitative estimate of drug-likeness (QED) is 0.643. The van der Waals surface area contributed by atoms with Gasteiger partial charge >= 0.3 is 0 Å². The van der Waals surface area contributed by atoms with E-state index in [1.165, 1.54) is 27.4 Å². The van der Waals surface area contributed by atoms with Gasteiger partial charge in [-0.3, -0.25) is 0 Å². The second kappa shape index (κ2) is 6.88. The summed E-state index contributed by atoms with van der Waals surface area (Å²) in [6.07, 6.45) is 6.36. The Morgan fingerprint density at radius 1 is 0.955 bits per heavy atom. The van der Waals surface area contributed by atoms with Crippen LogP contribution in [0, 0.1) is 11.3 Å². The molecule has 2 aliphatic rings. The van der Waals surface area contributed by atoms with E-state index in [9.17, 15) is 0 Å². The van der Waals surface area contributed by atoms with Crippen LogP contribution in [0.1, 0.15) is 0 Å². The van der Waals surface area contributed by atoms with Crippen LogP contribution in [0.2, 0.25) is 0 Å². The number of hydrogen-bond acceptors (Lipinski definition) is 4.